The maximum absolute atomic E-state index is 12.1. The monoisotopic (exact) mass is 336 g/mol. The van der Waals surface area contributed by atoms with E-state index in [1.54, 1.807) is 7.11 Å². The van der Waals surface area contributed by atoms with E-state index in [1.807, 2.05) is 4.90 Å². The van der Waals surface area contributed by atoms with Gasteiger partial charge in [0.25, 0.3) is 0 Å². The number of carbonyl (C=O) groups excluding carboxylic acids is 1. The minimum atomic E-state index is -0.553. The molecule has 2 aliphatic heterocycles. The van der Waals surface area contributed by atoms with Crippen molar-refractivity contribution in [2.45, 2.75) is 50.4 Å². The Hall–Kier alpha value is -0.400. The molecule has 22 heavy (non-hydrogen) atoms. The molecule has 2 unspecified atom stereocenters. The molecule has 130 valence electrons. The predicted octanol–water partition coefficient (Wildman–Crippen LogP) is 0.959. The lowest BCUT2D eigenvalue weighted by Crippen LogP contribution is -2.50. The van der Waals surface area contributed by atoms with Crippen molar-refractivity contribution in [3.05, 3.63) is 0 Å². The Bertz CT molecular complexity index is 319. The van der Waals surface area contributed by atoms with E-state index in [4.69, 9.17) is 19.9 Å². The van der Waals surface area contributed by atoms with Crippen LogP contribution in [0.25, 0.3) is 0 Å². The van der Waals surface area contributed by atoms with Crippen molar-refractivity contribution < 1.29 is 19.0 Å². The molecular weight excluding hydrogens is 308 g/mol. The molecule has 2 heterocycles. The largest absolute Gasteiger partial charge is 0.383 e. The van der Waals surface area contributed by atoms with E-state index in [0.717, 1.165) is 25.9 Å². The molecule has 6 nitrogen and oxygen atoms in total. The van der Waals surface area contributed by atoms with E-state index in [9.17, 15) is 4.79 Å². The zero-order valence-corrected chi connectivity index (χ0v) is 14.2. The average Bonchev–Trinajstić information content (AvgIpc) is 2.54. The van der Waals surface area contributed by atoms with E-state index < -0.39 is 6.04 Å². The summed E-state index contributed by atoms with van der Waals surface area (Å²) >= 11 is 0. The molecule has 0 aliphatic carbocycles. The number of rotatable bonds is 6. The minimum Gasteiger partial charge on any atom is -0.383 e. The number of ether oxygens (including phenoxy) is 3. The van der Waals surface area contributed by atoms with Gasteiger partial charge in [-0.3, -0.25) is 4.79 Å². The van der Waals surface area contributed by atoms with Gasteiger partial charge < -0.3 is 24.8 Å². The first-order valence-corrected chi connectivity index (χ1v) is 7.97. The van der Waals surface area contributed by atoms with Crippen LogP contribution in [0.3, 0.4) is 0 Å². The quantitative estimate of drug-likeness (QED) is 0.782. The number of nitrogens with zero attached hydrogens (tertiary/aromatic N) is 1. The summed E-state index contributed by atoms with van der Waals surface area (Å²) in [5.41, 5.74) is 5.79. The summed E-state index contributed by atoms with van der Waals surface area (Å²) in [7, 11) is 1.56. The molecule has 2 atom stereocenters. The van der Waals surface area contributed by atoms with Crippen LogP contribution in [0.4, 0.5) is 0 Å². The summed E-state index contributed by atoms with van der Waals surface area (Å²) in [4.78, 5) is 13.9. The lowest BCUT2D eigenvalue weighted by atomic mass is 10.1. The van der Waals surface area contributed by atoms with Crippen LogP contribution < -0.4 is 5.73 Å². The maximum atomic E-state index is 12.1. The first-order chi connectivity index (χ1) is 10.2. The molecule has 0 aromatic heterocycles. The number of amides is 1. The Labute approximate surface area is 139 Å². The molecule has 0 saturated carbocycles. The van der Waals surface area contributed by atoms with Crippen LogP contribution in [0.1, 0.15) is 32.1 Å². The number of hydrogen-bond acceptors (Lipinski definition) is 5. The number of halogens is 1. The van der Waals surface area contributed by atoms with Crippen molar-refractivity contribution in [1.82, 2.24) is 4.90 Å². The highest BCUT2D eigenvalue weighted by atomic mass is 35.5. The Morgan fingerprint density at radius 2 is 2.05 bits per heavy atom. The zero-order chi connectivity index (χ0) is 15.1. The van der Waals surface area contributed by atoms with Gasteiger partial charge in [-0.05, 0) is 32.1 Å². The molecule has 2 fully saturated rings. The van der Waals surface area contributed by atoms with Crippen LogP contribution in [-0.2, 0) is 19.0 Å². The molecule has 2 rings (SSSR count). The van der Waals surface area contributed by atoms with Crippen LogP contribution in [0.5, 0.6) is 0 Å². The van der Waals surface area contributed by atoms with E-state index in [2.05, 4.69) is 0 Å². The lowest BCUT2D eigenvalue weighted by Gasteiger charge is -2.34. The fourth-order valence-corrected chi connectivity index (χ4v) is 2.91. The normalized spacial score (nSPS) is 24.6. The predicted molar refractivity (Wildman–Crippen MR) is 86.2 cm³/mol. The molecule has 0 aromatic carbocycles. The Balaban J connectivity index is 0.00000242. The van der Waals surface area contributed by atoms with Crippen molar-refractivity contribution in [3.63, 3.8) is 0 Å². The highest BCUT2D eigenvalue weighted by Crippen LogP contribution is 2.18. The third kappa shape index (κ3) is 6.01. The number of nitrogens with two attached hydrogens (primary N) is 1. The van der Waals surface area contributed by atoms with Gasteiger partial charge in [-0.15, -0.1) is 12.4 Å². The highest BCUT2D eigenvalue weighted by Gasteiger charge is 2.27. The molecule has 7 heteroatoms. The van der Waals surface area contributed by atoms with Crippen LogP contribution in [-0.4, -0.2) is 69.1 Å². The summed E-state index contributed by atoms with van der Waals surface area (Å²) < 4.78 is 16.5. The topological polar surface area (TPSA) is 74.0 Å². The van der Waals surface area contributed by atoms with Gasteiger partial charge in [0.2, 0.25) is 5.91 Å². The number of hydrogen-bond donors (Lipinski definition) is 1. The van der Waals surface area contributed by atoms with Gasteiger partial charge in [0.1, 0.15) is 6.04 Å². The number of carbonyl (C=O) groups is 1. The summed E-state index contributed by atoms with van der Waals surface area (Å²) in [5.74, 6) is -0.0223. The SMILES string of the molecule is COCC(N)C(=O)N1CCC(OCC2CCCCO2)CC1.Cl. The fourth-order valence-electron chi connectivity index (χ4n) is 2.91. The molecule has 2 N–H and O–H groups in total. The van der Waals surface area contributed by atoms with Gasteiger partial charge in [0, 0.05) is 26.8 Å². The Morgan fingerprint density at radius 1 is 1.32 bits per heavy atom. The second kappa shape index (κ2) is 10.4. The molecule has 2 aliphatic rings. The van der Waals surface area contributed by atoms with Crippen molar-refractivity contribution in [1.29, 1.82) is 0 Å². The number of piperidine rings is 1. The number of methoxy groups -OCH3 is 1. The van der Waals surface area contributed by atoms with E-state index in [0.29, 0.717) is 19.7 Å². The third-order valence-electron chi connectivity index (χ3n) is 4.21. The minimum absolute atomic E-state index is 0. The number of likely N-dealkylation sites (tertiary alicyclic amines) is 1. The molecule has 1 amide bonds. The van der Waals surface area contributed by atoms with Crippen molar-refractivity contribution in [2.75, 3.05) is 40.0 Å². The fraction of sp³-hybridized carbons (Fsp3) is 0.933. The van der Waals surface area contributed by atoms with E-state index in [-0.39, 0.29) is 37.1 Å². The van der Waals surface area contributed by atoms with Crippen LogP contribution >= 0.6 is 12.4 Å². The van der Waals surface area contributed by atoms with Crippen LogP contribution in [0, 0.1) is 0 Å². The van der Waals surface area contributed by atoms with Crippen molar-refractivity contribution in [3.8, 4) is 0 Å². The first kappa shape index (κ1) is 19.6. The molecule has 0 spiro atoms. The van der Waals surface area contributed by atoms with Gasteiger partial charge >= 0.3 is 0 Å². The Kier molecular flexibility index (Phi) is 9.28. The Morgan fingerprint density at radius 3 is 2.64 bits per heavy atom. The van der Waals surface area contributed by atoms with E-state index in [1.165, 1.54) is 12.8 Å². The molecule has 2 saturated heterocycles. The van der Waals surface area contributed by atoms with E-state index >= 15 is 0 Å². The molecule has 0 aromatic rings. The summed E-state index contributed by atoms with van der Waals surface area (Å²) in [5, 5.41) is 0. The molecule has 0 bridgehead atoms. The summed E-state index contributed by atoms with van der Waals surface area (Å²) in [6.07, 6.45) is 5.74. The highest BCUT2D eigenvalue weighted by molar-refractivity contribution is 5.85. The maximum Gasteiger partial charge on any atom is 0.241 e. The molecule has 0 radical (unpaired) electrons. The van der Waals surface area contributed by atoms with Gasteiger partial charge in [-0.1, -0.05) is 0 Å². The van der Waals surface area contributed by atoms with Gasteiger partial charge in [0.05, 0.1) is 25.4 Å². The van der Waals surface area contributed by atoms with Crippen molar-refractivity contribution >= 4 is 18.3 Å². The van der Waals surface area contributed by atoms with Crippen LogP contribution in [0.15, 0.2) is 0 Å². The second-order valence-corrected chi connectivity index (χ2v) is 5.91. The van der Waals surface area contributed by atoms with Gasteiger partial charge in [0.15, 0.2) is 0 Å². The third-order valence-corrected chi connectivity index (χ3v) is 4.21. The average molecular weight is 337 g/mol. The first-order valence-electron chi connectivity index (χ1n) is 7.97. The lowest BCUT2D eigenvalue weighted by molar-refractivity contribution is -0.137. The standard InChI is InChI=1S/C15H28N2O4.ClH/c1-19-11-14(16)15(18)17-7-5-12(6-8-17)21-10-13-4-2-3-9-20-13;/h12-14H,2-11,16H2,1H3;1H. The van der Waals surface area contributed by atoms with Gasteiger partial charge in [-0.25, -0.2) is 0 Å². The molecular formula is C15H29ClN2O4. The van der Waals surface area contributed by atoms with Crippen LogP contribution in [0.2, 0.25) is 0 Å². The summed E-state index contributed by atoms with van der Waals surface area (Å²) in [6, 6.07) is -0.553. The van der Waals surface area contributed by atoms with Crippen molar-refractivity contribution in [2.24, 2.45) is 5.73 Å². The summed E-state index contributed by atoms with van der Waals surface area (Å²) in [6.45, 7) is 3.24. The smallest absolute Gasteiger partial charge is 0.241 e. The van der Waals surface area contributed by atoms with Gasteiger partial charge in [-0.2, -0.15) is 0 Å². The second-order valence-electron chi connectivity index (χ2n) is 5.91. The zero-order valence-electron chi connectivity index (χ0n) is 13.4.